The van der Waals surface area contributed by atoms with E-state index in [4.69, 9.17) is 4.42 Å². The Kier molecular flexibility index (Phi) is 4.03. The molecule has 0 radical (unpaired) electrons. The lowest BCUT2D eigenvalue weighted by molar-refractivity contribution is 0.0927. The Morgan fingerprint density at radius 1 is 1.08 bits per heavy atom. The highest BCUT2D eigenvalue weighted by atomic mass is 32.2. The van der Waals surface area contributed by atoms with Gasteiger partial charge in [-0.2, -0.15) is 5.10 Å². The molecule has 0 spiro atoms. The summed E-state index contributed by atoms with van der Waals surface area (Å²) in [4.78, 5) is 14.3. The van der Waals surface area contributed by atoms with E-state index in [1.165, 1.54) is 11.2 Å². The van der Waals surface area contributed by atoms with Crippen LogP contribution in [-0.2, 0) is 0 Å². The first kappa shape index (κ1) is 15.5. The summed E-state index contributed by atoms with van der Waals surface area (Å²) in [6.07, 6.45) is 1.45. The molecule has 25 heavy (non-hydrogen) atoms. The van der Waals surface area contributed by atoms with Crippen molar-refractivity contribution < 1.29 is 9.21 Å². The zero-order valence-electron chi connectivity index (χ0n) is 13.4. The summed E-state index contributed by atoms with van der Waals surface area (Å²) < 4.78 is 5.05. The first-order valence-electron chi connectivity index (χ1n) is 7.77. The highest BCUT2D eigenvalue weighted by molar-refractivity contribution is 7.99. The van der Waals surface area contributed by atoms with Crippen molar-refractivity contribution >= 4 is 34.8 Å². The number of carbonyl (C=O) groups excluding carboxylic acids is 1. The number of carbonyl (C=O) groups is 1. The largest absolute Gasteiger partial charge is 0.459 e. The van der Waals surface area contributed by atoms with E-state index < -0.39 is 0 Å². The Bertz CT molecular complexity index is 965. The van der Waals surface area contributed by atoms with E-state index >= 15 is 0 Å². The fraction of sp³-hybridized carbons (Fsp3) is 0.0526. The van der Waals surface area contributed by atoms with Crippen molar-refractivity contribution in [3.8, 4) is 0 Å². The number of rotatable bonds is 3. The molecular formula is C19H15N3O2S. The molecule has 5 nitrogen and oxygen atoms in total. The van der Waals surface area contributed by atoms with E-state index in [1.807, 2.05) is 31.2 Å². The molecule has 0 aliphatic carbocycles. The van der Waals surface area contributed by atoms with Crippen LogP contribution in [-0.4, -0.2) is 11.6 Å². The predicted octanol–water partition coefficient (Wildman–Crippen LogP) is 4.64. The number of fused-ring (bicyclic) bond motifs is 2. The Labute approximate surface area is 149 Å². The molecule has 4 rings (SSSR count). The van der Waals surface area contributed by atoms with Crippen molar-refractivity contribution in [2.75, 3.05) is 5.32 Å². The van der Waals surface area contributed by atoms with E-state index in [-0.39, 0.29) is 11.7 Å². The lowest BCUT2D eigenvalue weighted by atomic mass is 10.1. The van der Waals surface area contributed by atoms with Gasteiger partial charge in [0.25, 0.3) is 0 Å². The number of hydrogen-bond acceptors (Lipinski definition) is 5. The Morgan fingerprint density at radius 3 is 2.76 bits per heavy atom. The molecule has 6 heteroatoms. The molecule has 2 aromatic carbocycles. The number of nitrogens with zero attached hydrogens (tertiary/aromatic N) is 1. The number of amides is 1. The molecule has 2 N–H and O–H groups in total. The molecule has 1 aliphatic heterocycles. The average Bonchev–Trinajstić information content (AvgIpc) is 3.18. The molecule has 0 bridgehead atoms. The summed E-state index contributed by atoms with van der Waals surface area (Å²) in [7, 11) is 0. The summed E-state index contributed by atoms with van der Waals surface area (Å²) in [5, 5.41) is 7.61. The van der Waals surface area contributed by atoms with Crippen LogP contribution in [0.1, 0.15) is 23.0 Å². The Hall–Kier alpha value is -2.99. The maximum Gasteiger partial charge on any atom is 0.307 e. The summed E-state index contributed by atoms with van der Waals surface area (Å²) in [6.45, 7) is 1.86. The van der Waals surface area contributed by atoms with Crippen LogP contribution < -0.4 is 10.7 Å². The molecule has 1 aliphatic rings. The zero-order chi connectivity index (χ0) is 17.2. The molecule has 0 fully saturated rings. The average molecular weight is 349 g/mol. The number of hydrazone groups is 1. The zero-order valence-corrected chi connectivity index (χ0v) is 14.3. The van der Waals surface area contributed by atoms with Crippen molar-refractivity contribution in [2.45, 2.75) is 16.7 Å². The smallest absolute Gasteiger partial charge is 0.307 e. The van der Waals surface area contributed by atoms with Crippen molar-refractivity contribution in [3.05, 3.63) is 72.2 Å². The topological polar surface area (TPSA) is 66.6 Å². The number of nitrogens with one attached hydrogen (secondary N) is 2. The molecule has 2 heterocycles. The number of para-hydroxylation sites is 1. The van der Waals surface area contributed by atoms with E-state index in [0.29, 0.717) is 5.71 Å². The quantitative estimate of drug-likeness (QED) is 0.418. The predicted molar refractivity (Wildman–Crippen MR) is 98.7 cm³/mol. The fourth-order valence-corrected chi connectivity index (χ4v) is 3.49. The third-order valence-electron chi connectivity index (χ3n) is 3.84. The minimum atomic E-state index is -0.370. The minimum Gasteiger partial charge on any atom is -0.459 e. The third-order valence-corrected chi connectivity index (χ3v) is 5.00. The molecule has 0 saturated carbocycles. The van der Waals surface area contributed by atoms with Gasteiger partial charge < -0.3 is 9.73 Å². The first-order valence-corrected chi connectivity index (χ1v) is 8.59. The lowest BCUT2D eigenvalue weighted by Gasteiger charge is -2.21. The summed E-state index contributed by atoms with van der Waals surface area (Å²) in [6, 6.07) is 17.6. The summed E-state index contributed by atoms with van der Waals surface area (Å²) in [5.74, 6) is -0.137. The van der Waals surface area contributed by atoms with Crippen molar-refractivity contribution in [1.82, 2.24) is 5.43 Å². The van der Waals surface area contributed by atoms with Gasteiger partial charge in [0.15, 0.2) is 5.76 Å². The third kappa shape index (κ3) is 3.16. The van der Waals surface area contributed by atoms with Crippen LogP contribution in [0.5, 0.6) is 0 Å². The Morgan fingerprint density at radius 2 is 1.92 bits per heavy atom. The molecule has 1 amide bonds. The van der Waals surface area contributed by atoms with E-state index in [9.17, 15) is 4.79 Å². The molecule has 0 unspecified atom stereocenters. The van der Waals surface area contributed by atoms with Crippen LogP contribution in [0.2, 0.25) is 0 Å². The highest BCUT2D eigenvalue weighted by Gasteiger charge is 2.16. The fourth-order valence-electron chi connectivity index (χ4n) is 2.53. The van der Waals surface area contributed by atoms with Crippen LogP contribution in [0.15, 0.2) is 80.2 Å². The monoisotopic (exact) mass is 349 g/mol. The molecule has 124 valence electrons. The van der Waals surface area contributed by atoms with Gasteiger partial charge in [-0.25, -0.2) is 5.43 Å². The van der Waals surface area contributed by atoms with Crippen LogP contribution in [0.3, 0.4) is 0 Å². The van der Waals surface area contributed by atoms with Gasteiger partial charge in [0, 0.05) is 9.79 Å². The van der Waals surface area contributed by atoms with Gasteiger partial charge in [-0.05, 0) is 48.9 Å². The number of benzene rings is 2. The van der Waals surface area contributed by atoms with Gasteiger partial charge in [0.05, 0.1) is 23.3 Å². The van der Waals surface area contributed by atoms with Gasteiger partial charge >= 0.3 is 5.91 Å². The number of hydrogen-bond donors (Lipinski definition) is 2. The van der Waals surface area contributed by atoms with Gasteiger partial charge in [0.2, 0.25) is 0 Å². The highest BCUT2D eigenvalue weighted by Crippen LogP contribution is 2.44. The van der Waals surface area contributed by atoms with Crippen LogP contribution in [0, 0.1) is 0 Å². The van der Waals surface area contributed by atoms with E-state index in [2.05, 4.69) is 34.0 Å². The summed E-state index contributed by atoms with van der Waals surface area (Å²) in [5.41, 5.74) is 6.29. The SMILES string of the molecule is C/C(=N/NC(=O)c1ccco1)c1ccc2c(c1)Nc1ccccc1S2. The van der Waals surface area contributed by atoms with E-state index in [1.54, 1.807) is 23.9 Å². The summed E-state index contributed by atoms with van der Waals surface area (Å²) >= 11 is 1.73. The second-order valence-electron chi connectivity index (χ2n) is 5.55. The molecule has 3 aromatic rings. The molecular weight excluding hydrogens is 334 g/mol. The number of anilines is 2. The number of furan rings is 1. The minimum absolute atomic E-state index is 0.233. The lowest BCUT2D eigenvalue weighted by Crippen LogP contribution is -2.18. The van der Waals surface area contributed by atoms with Crippen molar-refractivity contribution in [2.24, 2.45) is 5.10 Å². The van der Waals surface area contributed by atoms with Crippen molar-refractivity contribution in [3.63, 3.8) is 0 Å². The molecule has 0 atom stereocenters. The van der Waals surface area contributed by atoms with Crippen LogP contribution in [0.4, 0.5) is 11.4 Å². The second kappa shape index (κ2) is 6.49. The van der Waals surface area contributed by atoms with Gasteiger partial charge in [-0.3, -0.25) is 4.79 Å². The van der Waals surface area contributed by atoms with Crippen molar-refractivity contribution in [1.29, 1.82) is 0 Å². The van der Waals surface area contributed by atoms with Crippen LogP contribution in [0.25, 0.3) is 0 Å². The molecule has 1 aromatic heterocycles. The maximum atomic E-state index is 11.9. The van der Waals surface area contributed by atoms with E-state index in [0.717, 1.165) is 21.8 Å². The normalized spacial score (nSPS) is 12.8. The molecule has 0 saturated heterocycles. The van der Waals surface area contributed by atoms with Gasteiger partial charge in [-0.1, -0.05) is 30.0 Å². The standard InChI is InChI=1S/C19H15N3O2S/c1-12(21-22-19(23)16-6-4-10-24-16)13-8-9-18-15(11-13)20-14-5-2-3-7-17(14)25-18/h2-11,20H,1H3,(H,22,23)/b21-12-. The maximum absolute atomic E-state index is 11.9. The second-order valence-corrected chi connectivity index (χ2v) is 6.63. The first-order chi connectivity index (χ1) is 12.2. The van der Waals surface area contributed by atoms with Gasteiger partial charge in [0.1, 0.15) is 0 Å². The van der Waals surface area contributed by atoms with Crippen LogP contribution >= 0.6 is 11.8 Å². The van der Waals surface area contributed by atoms with Gasteiger partial charge in [-0.15, -0.1) is 0 Å². The Balaban J connectivity index is 1.54.